The molecule has 0 aliphatic rings. The van der Waals surface area contributed by atoms with Crippen molar-refractivity contribution in [3.05, 3.63) is 43.2 Å². The predicted octanol–water partition coefficient (Wildman–Crippen LogP) is 4.69. The second-order valence-electron chi connectivity index (χ2n) is 7.02. The number of thiophene rings is 2. The Hall–Kier alpha value is -1.64. The van der Waals surface area contributed by atoms with Crippen LogP contribution < -0.4 is 5.56 Å². The third kappa shape index (κ3) is 4.85. The molecule has 3 heterocycles. The number of rotatable bonds is 8. The molecule has 28 heavy (non-hydrogen) atoms. The standard InChI is InChI=1S/C20H25N3O2S3/c1-5-12(2)9-15-13(3)28-19-17(15)18(25)21-20(22-19)27-11-16(24)23(4)10-14-7-6-8-26-14/h6-8,12H,5,9-11H2,1-4H3,(H,21,22,25). The van der Waals surface area contributed by atoms with Crippen molar-refractivity contribution in [2.75, 3.05) is 12.8 Å². The van der Waals surface area contributed by atoms with E-state index in [-0.39, 0.29) is 17.2 Å². The Labute approximate surface area is 177 Å². The number of thioether (sulfide) groups is 1. The summed E-state index contributed by atoms with van der Waals surface area (Å²) in [6.45, 7) is 7.02. The highest BCUT2D eigenvalue weighted by molar-refractivity contribution is 7.99. The Morgan fingerprint density at radius 3 is 2.89 bits per heavy atom. The van der Waals surface area contributed by atoms with E-state index in [9.17, 15) is 9.59 Å². The van der Waals surface area contributed by atoms with Gasteiger partial charge in [-0.25, -0.2) is 4.98 Å². The van der Waals surface area contributed by atoms with Gasteiger partial charge in [0, 0.05) is 16.8 Å². The minimum Gasteiger partial charge on any atom is -0.340 e. The molecule has 0 radical (unpaired) electrons. The molecular weight excluding hydrogens is 410 g/mol. The Morgan fingerprint density at radius 2 is 2.21 bits per heavy atom. The van der Waals surface area contributed by atoms with Gasteiger partial charge in [-0.2, -0.15) is 0 Å². The average Bonchev–Trinajstić information content (AvgIpc) is 3.27. The highest BCUT2D eigenvalue weighted by Gasteiger charge is 2.18. The highest BCUT2D eigenvalue weighted by Crippen LogP contribution is 2.30. The van der Waals surface area contributed by atoms with E-state index in [1.807, 2.05) is 17.5 Å². The lowest BCUT2D eigenvalue weighted by molar-refractivity contribution is -0.127. The van der Waals surface area contributed by atoms with Crippen molar-refractivity contribution in [3.8, 4) is 0 Å². The number of carbonyl (C=O) groups is 1. The van der Waals surface area contributed by atoms with Gasteiger partial charge in [0.15, 0.2) is 5.16 Å². The third-order valence-corrected chi connectivity index (χ3v) is 7.58. The first-order chi connectivity index (χ1) is 13.4. The molecule has 1 N–H and O–H groups in total. The molecule has 0 saturated carbocycles. The van der Waals surface area contributed by atoms with Crippen LogP contribution in [0.5, 0.6) is 0 Å². The Kier molecular flexibility index (Phi) is 6.95. The van der Waals surface area contributed by atoms with E-state index in [4.69, 9.17) is 0 Å². The van der Waals surface area contributed by atoms with Gasteiger partial charge in [-0.1, -0.05) is 38.1 Å². The van der Waals surface area contributed by atoms with E-state index in [1.165, 1.54) is 11.8 Å². The van der Waals surface area contributed by atoms with Crippen molar-refractivity contribution in [3.63, 3.8) is 0 Å². The van der Waals surface area contributed by atoms with Gasteiger partial charge in [0.05, 0.1) is 17.7 Å². The Morgan fingerprint density at radius 1 is 1.43 bits per heavy atom. The number of hydrogen-bond acceptors (Lipinski definition) is 6. The molecule has 150 valence electrons. The summed E-state index contributed by atoms with van der Waals surface area (Å²) >= 11 is 4.49. The number of fused-ring (bicyclic) bond motifs is 1. The summed E-state index contributed by atoms with van der Waals surface area (Å²) in [6, 6.07) is 4.00. The van der Waals surface area contributed by atoms with Crippen LogP contribution in [0.15, 0.2) is 27.5 Å². The first-order valence-electron chi connectivity index (χ1n) is 9.30. The minimum absolute atomic E-state index is 0.0148. The lowest BCUT2D eigenvalue weighted by atomic mass is 9.98. The maximum atomic E-state index is 12.7. The number of nitrogens with zero attached hydrogens (tertiary/aromatic N) is 2. The third-order valence-electron chi connectivity index (χ3n) is 4.82. The molecule has 0 aliphatic heterocycles. The zero-order chi connectivity index (χ0) is 20.3. The molecule has 8 heteroatoms. The van der Waals surface area contributed by atoms with Crippen molar-refractivity contribution in [2.24, 2.45) is 5.92 Å². The monoisotopic (exact) mass is 435 g/mol. The van der Waals surface area contributed by atoms with Gasteiger partial charge in [-0.05, 0) is 36.3 Å². The van der Waals surface area contributed by atoms with Gasteiger partial charge in [0.25, 0.3) is 5.56 Å². The van der Waals surface area contributed by atoms with Gasteiger partial charge in [-0.3, -0.25) is 9.59 Å². The van der Waals surface area contributed by atoms with Crippen LogP contribution in [0.4, 0.5) is 0 Å². The molecule has 1 amide bonds. The van der Waals surface area contributed by atoms with Crippen molar-refractivity contribution >= 4 is 50.6 Å². The molecule has 1 atom stereocenters. The molecule has 0 fully saturated rings. The van der Waals surface area contributed by atoms with Crippen molar-refractivity contribution in [1.29, 1.82) is 0 Å². The summed E-state index contributed by atoms with van der Waals surface area (Å²) in [6.07, 6.45) is 1.97. The molecule has 0 bridgehead atoms. The van der Waals surface area contributed by atoms with E-state index in [0.717, 1.165) is 33.0 Å². The van der Waals surface area contributed by atoms with E-state index >= 15 is 0 Å². The van der Waals surface area contributed by atoms with Gasteiger partial charge in [0.2, 0.25) is 5.91 Å². The maximum absolute atomic E-state index is 12.7. The highest BCUT2D eigenvalue weighted by atomic mass is 32.2. The molecular formula is C20H25N3O2S3. The molecule has 3 aromatic rings. The number of H-pyrrole nitrogens is 1. The molecule has 3 aromatic heterocycles. The summed E-state index contributed by atoms with van der Waals surface area (Å²) in [5.74, 6) is 0.794. The second-order valence-corrected chi connectivity index (χ2v) is 10.2. The molecule has 0 aliphatic carbocycles. The van der Waals surface area contributed by atoms with Gasteiger partial charge in [0.1, 0.15) is 4.83 Å². The molecule has 1 unspecified atom stereocenters. The second kappa shape index (κ2) is 9.24. The molecule has 5 nitrogen and oxygen atoms in total. The van der Waals surface area contributed by atoms with E-state index in [1.54, 1.807) is 34.6 Å². The van der Waals surface area contributed by atoms with Crippen LogP contribution in [0, 0.1) is 12.8 Å². The van der Waals surface area contributed by atoms with Crippen LogP contribution >= 0.6 is 34.4 Å². The van der Waals surface area contributed by atoms with Crippen molar-refractivity contribution < 1.29 is 4.79 Å². The van der Waals surface area contributed by atoms with E-state index < -0.39 is 0 Å². The quantitative estimate of drug-likeness (QED) is 0.412. The lowest BCUT2D eigenvalue weighted by Gasteiger charge is -2.15. The van der Waals surface area contributed by atoms with Crippen LogP contribution in [0.1, 0.15) is 35.6 Å². The summed E-state index contributed by atoms with van der Waals surface area (Å²) in [7, 11) is 1.80. The van der Waals surface area contributed by atoms with Crippen LogP contribution in [0.3, 0.4) is 0 Å². The van der Waals surface area contributed by atoms with Crippen LogP contribution in [-0.4, -0.2) is 33.6 Å². The Bertz CT molecular complexity index is 1010. The van der Waals surface area contributed by atoms with Crippen molar-refractivity contribution in [2.45, 2.75) is 45.3 Å². The average molecular weight is 436 g/mol. The number of amides is 1. The summed E-state index contributed by atoms with van der Waals surface area (Å²) in [5.41, 5.74) is 1.01. The van der Waals surface area contributed by atoms with Crippen molar-refractivity contribution in [1.82, 2.24) is 14.9 Å². The number of aryl methyl sites for hydroxylation is 1. The molecule has 0 saturated heterocycles. The summed E-state index contributed by atoms with van der Waals surface area (Å²) in [5, 5.41) is 3.23. The zero-order valence-electron chi connectivity index (χ0n) is 16.6. The normalized spacial score (nSPS) is 12.4. The van der Waals surface area contributed by atoms with E-state index in [2.05, 4.69) is 30.7 Å². The Balaban J connectivity index is 1.72. The van der Waals surface area contributed by atoms with Crippen LogP contribution in [0.25, 0.3) is 10.2 Å². The summed E-state index contributed by atoms with van der Waals surface area (Å²) in [4.78, 5) is 37.4. The van der Waals surface area contributed by atoms with Crippen LogP contribution in [0.2, 0.25) is 0 Å². The summed E-state index contributed by atoms with van der Waals surface area (Å²) < 4.78 is 0. The maximum Gasteiger partial charge on any atom is 0.260 e. The number of hydrogen-bond donors (Lipinski definition) is 1. The fraction of sp³-hybridized carbons (Fsp3) is 0.450. The topological polar surface area (TPSA) is 66.1 Å². The molecule has 3 rings (SSSR count). The largest absolute Gasteiger partial charge is 0.340 e. The number of carbonyl (C=O) groups excluding carboxylic acids is 1. The number of nitrogens with one attached hydrogen (secondary N) is 1. The molecule has 0 spiro atoms. The number of aromatic nitrogens is 2. The van der Waals surface area contributed by atoms with E-state index in [0.29, 0.717) is 23.0 Å². The minimum atomic E-state index is -0.102. The fourth-order valence-electron chi connectivity index (χ4n) is 2.93. The van der Waals surface area contributed by atoms with Gasteiger partial charge >= 0.3 is 0 Å². The first kappa shape index (κ1) is 21.1. The molecule has 0 aromatic carbocycles. The number of aromatic amines is 1. The first-order valence-corrected chi connectivity index (χ1v) is 12.0. The zero-order valence-corrected chi connectivity index (χ0v) is 19.0. The smallest absolute Gasteiger partial charge is 0.260 e. The van der Waals surface area contributed by atoms with Gasteiger partial charge < -0.3 is 9.88 Å². The lowest BCUT2D eigenvalue weighted by Crippen LogP contribution is -2.27. The van der Waals surface area contributed by atoms with Gasteiger partial charge in [-0.15, -0.1) is 22.7 Å². The predicted molar refractivity (Wildman–Crippen MR) is 120 cm³/mol. The fourth-order valence-corrected chi connectivity index (χ4v) is 5.60. The van der Waals surface area contributed by atoms with Crippen LogP contribution in [-0.2, 0) is 17.8 Å². The SMILES string of the molecule is CCC(C)Cc1c(C)sc2nc(SCC(=O)N(C)Cc3cccs3)[nH]c(=O)c12.